The van der Waals surface area contributed by atoms with Crippen LogP contribution in [0.15, 0.2) is 78.2 Å². The van der Waals surface area contributed by atoms with Gasteiger partial charge < -0.3 is 9.88 Å². The van der Waals surface area contributed by atoms with Crippen LogP contribution in [0.5, 0.6) is 0 Å². The van der Waals surface area contributed by atoms with Gasteiger partial charge in [-0.15, -0.1) is 0 Å². The number of aromatic nitrogens is 3. The van der Waals surface area contributed by atoms with E-state index in [9.17, 15) is 9.59 Å². The van der Waals surface area contributed by atoms with Crippen molar-refractivity contribution in [3.63, 3.8) is 0 Å². The molecule has 0 unspecified atom stereocenters. The van der Waals surface area contributed by atoms with Crippen molar-refractivity contribution in [1.82, 2.24) is 19.5 Å². The molecule has 0 saturated carbocycles. The minimum absolute atomic E-state index is 0.0590. The molecule has 2 amide bonds. The zero-order chi connectivity index (χ0) is 24.2. The molecular weight excluding hydrogens is 460 g/mol. The molecule has 0 radical (unpaired) electrons. The van der Waals surface area contributed by atoms with Crippen molar-refractivity contribution in [2.24, 2.45) is 12.1 Å². The third-order valence-electron chi connectivity index (χ3n) is 5.71. The largest absolute Gasteiger partial charge is 0.333 e. The number of hydrogen-bond donors (Lipinski definition) is 1. The Morgan fingerprint density at radius 1 is 1.00 bits per heavy atom. The molecule has 0 spiro atoms. The standard InChI is InChI=1S/C26H24N6O2S/c1-31-17-15-27-25(31)24-23(19-10-6-3-7-11-19)29-26(35-24)28-21(33)12-13-22(34)32-16-14-20(30-32)18-8-4-2-5-9-18/h2-11,15,17H,12-14,16H2,1H3,(H,28,29,33). The Morgan fingerprint density at radius 2 is 1.71 bits per heavy atom. The van der Waals surface area contributed by atoms with E-state index in [1.165, 1.54) is 16.3 Å². The number of rotatable bonds is 7. The number of carbonyl (C=O) groups excluding carboxylic acids is 2. The molecule has 0 atom stereocenters. The molecule has 0 aliphatic carbocycles. The molecule has 8 nitrogen and oxygen atoms in total. The number of carbonyl (C=O) groups is 2. The van der Waals surface area contributed by atoms with Crippen molar-refractivity contribution >= 4 is 34.0 Å². The molecule has 0 saturated heterocycles. The van der Waals surface area contributed by atoms with Crippen molar-refractivity contribution in [1.29, 1.82) is 0 Å². The molecule has 0 bridgehead atoms. The molecule has 4 aromatic rings. The zero-order valence-electron chi connectivity index (χ0n) is 19.2. The highest BCUT2D eigenvalue weighted by Gasteiger charge is 2.23. The predicted octanol–water partition coefficient (Wildman–Crippen LogP) is 4.57. The molecule has 2 aromatic carbocycles. The Balaban J connectivity index is 1.25. The monoisotopic (exact) mass is 484 g/mol. The molecule has 5 rings (SSSR count). The summed E-state index contributed by atoms with van der Waals surface area (Å²) in [5.74, 6) is 0.353. The predicted molar refractivity (Wildman–Crippen MR) is 137 cm³/mol. The van der Waals surface area contributed by atoms with E-state index in [0.717, 1.165) is 33.2 Å². The first-order chi connectivity index (χ1) is 17.1. The second-order valence-electron chi connectivity index (χ2n) is 8.15. The van der Waals surface area contributed by atoms with Crippen LogP contribution in [0.4, 0.5) is 5.13 Å². The van der Waals surface area contributed by atoms with Gasteiger partial charge in [0.2, 0.25) is 11.8 Å². The van der Waals surface area contributed by atoms with Crippen LogP contribution in [0.1, 0.15) is 24.8 Å². The van der Waals surface area contributed by atoms with Crippen molar-refractivity contribution in [2.75, 3.05) is 11.9 Å². The summed E-state index contributed by atoms with van der Waals surface area (Å²) in [6, 6.07) is 19.6. The first-order valence-electron chi connectivity index (χ1n) is 11.4. The van der Waals surface area contributed by atoms with Crippen molar-refractivity contribution in [3.8, 4) is 22.0 Å². The number of imidazole rings is 1. The SMILES string of the molecule is Cn1ccnc1-c1sc(NC(=O)CCC(=O)N2CCC(c3ccccc3)=N2)nc1-c1ccccc1. The maximum absolute atomic E-state index is 12.7. The van der Waals surface area contributed by atoms with E-state index in [1.807, 2.05) is 78.5 Å². The summed E-state index contributed by atoms with van der Waals surface area (Å²) in [5, 5.41) is 9.25. The summed E-state index contributed by atoms with van der Waals surface area (Å²) >= 11 is 1.37. The number of hydrazone groups is 1. The summed E-state index contributed by atoms with van der Waals surface area (Å²) in [6.07, 6.45) is 4.46. The molecular formula is C26H24N6O2S. The first kappa shape index (κ1) is 22.7. The average Bonchev–Trinajstić information content (AvgIpc) is 3.63. The molecule has 1 aliphatic heterocycles. The second kappa shape index (κ2) is 10.0. The lowest BCUT2D eigenvalue weighted by Crippen LogP contribution is -2.24. The van der Waals surface area contributed by atoms with E-state index >= 15 is 0 Å². The summed E-state index contributed by atoms with van der Waals surface area (Å²) in [4.78, 5) is 35.3. The third-order valence-corrected chi connectivity index (χ3v) is 6.67. The van der Waals surface area contributed by atoms with Crippen LogP contribution in [0.3, 0.4) is 0 Å². The van der Waals surface area contributed by atoms with Gasteiger partial charge in [-0.25, -0.2) is 15.0 Å². The van der Waals surface area contributed by atoms with E-state index in [4.69, 9.17) is 0 Å². The summed E-state index contributed by atoms with van der Waals surface area (Å²) in [6.45, 7) is 0.532. The third kappa shape index (κ3) is 5.04. The van der Waals surface area contributed by atoms with Crippen molar-refractivity contribution in [3.05, 3.63) is 78.6 Å². The minimum atomic E-state index is -0.260. The Bertz CT molecular complexity index is 1380. The second-order valence-corrected chi connectivity index (χ2v) is 9.15. The van der Waals surface area contributed by atoms with Crippen LogP contribution in [-0.2, 0) is 16.6 Å². The van der Waals surface area contributed by atoms with Gasteiger partial charge in [0.15, 0.2) is 11.0 Å². The molecule has 3 heterocycles. The molecule has 2 aromatic heterocycles. The van der Waals surface area contributed by atoms with E-state index in [2.05, 4.69) is 20.4 Å². The number of anilines is 1. The molecule has 1 aliphatic rings. The smallest absolute Gasteiger partial charge is 0.243 e. The molecule has 0 fully saturated rings. The lowest BCUT2D eigenvalue weighted by Gasteiger charge is -2.10. The van der Waals surface area contributed by atoms with Gasteiger partial charge in [0.25, 0.3) is 0 Å². The van der Waals surface area contributed by atoms with Crippen LogP contribution in [-0.4, -0.2) is 43.6 Å². The van der Waals surface area contributed by atoms with Gasteiger partial charge in [0.05, 0.1) is 22.8 Å². The highest BCUT2D eigenvalue weighted by atomic mass is 32.1. The fourth-order valence-corrected chi connectivity index (χ4v) is 4.95. The van der Waals surface area contributed by atoms with Crippen molar-refractivity contribution < 1.29 is 9.59 Å². The Kier molecular flexibility index (Phi) is 6.49. The van der Waals surface area contributed by atoms with Crippen LogP contribution in [0.2, 0.25) is 0 Å². The van der Waals surface area contributed by atoms with E-state index in [1.54, 1.807) is 6.20 Å². The summed E-state index contributed by atoms with van der Waals surface area (Å²) in [5.41, 5.74) is 3.61. The Morgan fingerprint density at radius 3 is 2.40 bits per heavy atom. The fraction of sp³-hybridized carbons (Fsp3) is 0.192. The Labute approximate surface area is 207 Å². The topological polar surface area (TPSA) is 92.5 Å². The minimum Gasteiger partial charge on any atom is -0.333 e. The maximum atomic E-state index is 12.7. The number of amides is 2. The van der Waals surface area contributed by atoms with Crippen molar-refractivity contribution in [2.45, 2.75) is 19.3 Å². The lowest BCUT2D eigenvalue weighted by atomic mass is 10.1. The van der Waals surface area contributed by atoms with Gasteiger partial charge in [-0.3, -0.25) is 9.59 Å². The highest BCUT2D eigenvalue weighted by molar-refractivity contribution is 7.19. The van der Waals surface area contributed by atoms with E-state index < -0.39 is 0 Å². The zero-order valence-corrected chi connectivity index (χ0v) is 20.0. The lowest BCUT2D eigenvalue weighted by molar-refractivity contribution is -0.132. The van der Waals surface area contributed by atoms with Crippen LogP contribution < -0.4 is 5.32 Å². The fourth-order valence-electron chi connectivity index (χ4n) is 3.90. The highest BCUT2D eigenvalue weighted by Crippen LogP contribution is 2.38. The molecule has 176 valence electrons. The summed E-state index contributed by atoms with van der Waals surface area (Å²) in [7, 11) is 1.92. The van der Waals surface area contributed by atoms with Crippen LogP contribution in [0, 0.1) is 0 Å². The number of hydrogen-bond acceptors (Lipinski definition) is 6. The van der Waals surface area contributed by atoms with E-state index in [-0.39, 0.29) is 24.7 Å². The quantitative estimate of drug-likeness (QED) is 0.416. The van der Waals surface area contributed by atoms with E-state index in [0.29, 0.717) is 18.1 Å². The normalized spacial score (nSPS) is 13.1. The van der Waals surface area contributed by atoms with Crippen LogP contribution >= 0.6 is 11.3 Å². The first-order valence-corrected chi connectivity index (χ1v) is 12.2. The molecule has 1 N–H and O–H groups in total. The van der Waals surface area contributed by atoms with Crippen LogP contribution in [0.25, 0.3) is 22.0 Å². The van der Waals surface area contributed by atoms with Gasteiger partial charge in [-0.05, 0) is 5.56 Å². The number of benzene rings is 2. The number of nitrogens with zero attached hydrogens (tertiary/aromatic N) is 5. The number of aryl methyl sites for hydroxylation is 1. The maximum Gasteiger partial charge on any atom is 0.243 e. The van der Waals surface area contributed by atoms with Gasteiger partial charge >= 0.3 is 0 Å². The van der Waals surface area contributed by atoms with Gasteiger partial charge in [-0.2, -0.15) is 5.10 Å². The van der Waals surface area contributed by atoms with Gasteiger partial charge in [0.1, 0.15) is 0 Å². The van der Waals surface area contributed by atoms with Gasteiger partial charge in [-0.1, -0.05) is 72.0 Å². The Hall–Kier alpha value is -4.11. The average molecular weight is 485 g/mol. The number of nitrogens with one attached hydrogen (secondary N) is 1. The van der Waals surface area contributed by atoms with Gasteiger partial charge in [0, 0.05) is 44.3 Å². The summed E-state index contributed by atoms with van der Waals surface area (Å²) < 4.78 is 1.92. The molecule has 9 heteroatoms. The molecule has 35 heavy (non-hydrogen) atoms. The number of thiazole rings is 1.